The third kappa shape index (κ3) is 1.79. The van der Waals surface area contributed by atoms with E-state index in [1.165, 1.54) is 0 Å². The lowest BCUT2D eigenvalue weighted by Gasteiger charge is -2.13. The molecule has 1 aliphatic heterocycles. The number of hydrogen-bond acceptors (Lipinski definition) is 4. The van der Waals surface area contributed by atoms with E-state index in [1.807, 2.05) is 18.5 Å². The van der Waals surface area contributed by atoms with Crippen LogP contribution in [0.4, 0.5) is 5.69 Å². The molecule has 0 bridgehead atoms. The molecule has 0 atom stereocenters. The molecular weight excluding hydrogens is 254 g/mol. The first-order chi connectivity index (χ1) is 9.49. The minimum absolute atomic E-state index is 0.0768. The Kier molecular flexibility index (Phi) is 2.81. The number of aliphatic imine (C=N–C) groups is 1. The Labute approximate surface area is 116 Å². The Morgan fingerprint density at radius 2 is 1.85 bits per heavy atom. The molecule has 0 radical (unpaired) electrons. The fourth-order valence-electron chi connectivity index (χ4n) is 2.71. The highest BCUT2D eigenvalue weighted by Crippen LogP contribution is 2.20. The van der Waals surface area contributed by atoms with Crippen LogP contribution in [0.25, 0.3) is 0 Å². The molecule has 3 rings (SSSR count). The average Bonchev–Trinajstić information content (AvgIpc) is 2.95. The van der Waals surface area contributed by atoms with Crippen LogP contribution < -0.4 is 5.56 Å². The van der Waals surface area contributed by atoms with Crippen molar-refractivity contribution in [3.05, 3.63) is 27.7 Å². The van der Waals surface area contributed by atoms with Crippen molar-refractivity contribution in [2.45, 2.75) is 39.8 Å². The molecule has 2 heterocycles. The van der Waals surface area contributed by atoms with E-state index >= 15 is 0 Å². The van der Waals surface area contributed by atoms with Gasteiger partial charge in [0.25, 0.3) is 5.56 Å². The molecule has 0 aromatic carbocycles. The predicted octanol–water partition coefficient (Wildman–Crippen LogP) is 1.82. The van der Waals surface area contributed by atoms with Crippen LogP contribution in [0.5, 0.6) is 0 Å². The Morgan fingerprint density at radius 3 is 2.55 bits per heavy atom. The zero-order valence-electron chi connectivity index (χ0n) is 11.7. The fraction of sp³-hybridized carbons (Fsp3) is 0.429. The molecule has 20 heavy (non-hydrogen) atoms. The lowest BCUT2D eigenvalue weighted by molar-refractivity contribution is 0.582. The van der Waals surface area contributed by atoms with Gasteiger partial charge in [-0.2, -0.15) is 0 Å². The standard InChI is InChI=1S/C14H17N5O/c1-8-6-12(11(16)7-10(8)15)17-13-9(2)18-4-3-5-19(18)14(13)20/h6,15-16H,3-5,7H2,1-2H3. The highest BCUT2D eigenvalue weighted by atomic mass is 16.1. The summed E-state index contributed by atoms with van der Waals surface area (Å²) in [6, 6.07) is 0. The van der Waals surface area contributed by atoms with Crippen molar-refractivity contribution in [2.75, 3.05) is 0 Å². The summed E-state index contributed by atoms with van der Waals surface area (Å²) < 4.78 is 3.69. The molecule has 0 saturated carbocycles. The summed E-state index contributed by atoms with van der Waals surface area (Å²) in [6.45, 7) is 5.32. The summed E-state index contributed by atoms with van der Waals surface area (Å²) in [7, 11) is 0. The van der Waals surface area contributed by atoms with E-state index in [0.717, 1.165) is 30.8 Å². The van der Waals surface area contributed by atoms with Gasteiger partial charge < -0.3 is 10.8 Å². The van der Waals surface area contributed by atoms with Crippen molar-refractivity contribution in [3.8, 4) is 0 Å². The Bertz CT molecular complexity index is 744. The van der Waals surface area contributed by atoms with Crippen LogP contribution >= 0.6 is 0 Å². The summed E-state index contributed by atoms with van der Waals surface area (Å²) in [5.74, 6) is 0. The number of hydrogen-bond donors (Lipinski definition) is 2. The lowest BCUT2D eigenvalue weighted by atomic mass is 9.95. The number of aromatic nitrogens is 2. The van der Waals surface area contributed by atoms with Gasteiger partial charge in [0.15, 0.2) is 5.69 Å². The Hall–Kier alpha value is -2.24. The lowest BCUT2D eigenvalue weighted by Crippen LogP contribution is -2.22. The van der Waals surface area contributed by atoms with Gasteiger partial charge in [-0.3, -0.25) is 9.48 Å². The first kappa shape index (κ1) is 12.8. The highest BCUT2D eigenvalue weighted by Gasteiger charge is 2.22. The van der Waals surface area contributed by atoms with Gasteiger partial charge in [-0.15, -0.1) is 0 Å². The van der Waals surface area contributed by atoms with Crippen LogP contribution in [0.15, 0.2) is 21.4 Å². The summed E-state index contributed by atoms with van der Waals surface area (Å²) in [5, 5.41) is 15.7. The normalized spacial score (nSPS) is 20.5. The number of fused-ring (bicyclic) bond motifs is 1. The van der Waals surface area contributed by atoms with E-state index in [4.69, 9.17) is 10.8 Å². The van der Waals surface area contributed by atoms with Crippen LogP contribution in [0.1, 0.15) is 25.5 Å². The zero-order chi connectivity index (χ0) is 14.4. The second-order valence-electron chi connectivity index (χ2n) is 5.30. The van der Waals surface area contributed by atoms with Crippen molar-refractivity contribution < 1.29 is 0 Å². The van der Waals surface area contributed by atoms with E-state index in [9.17, 15) is 4.79 Å². The van der Waals surface area contributed by atoms with Crippen molar-refractivity contribution >= 4 is 22.8 Å². The monoisotopic (exact) mass is 271 g/mol. The topological polar surface area (TPSA) is 87.0 Å². The van der Waals surface area contributed by atoms with E-state index in [0.29, 0.717) is 22.8 Å². The maximum absolute atomic E-state index is 12.3. The first-order valence-corrected chi connectivity index (χ1v) is 6.72. The number of rotatable bonds is 1. The van der Waals surface area contributed by atoms with Gasteiger partial charge in [0.05, 0.1) is 17.1 Å². The molecule has 1 aliphatic carbocycles. The van der Waals surface area contributed by atoms with Crippen LogP contribution in [-0.4, -0.2) is 26.5 Å². The molecular formula is C14H17N5O. The zero-order valence-corrected chi connectivity index (χ0v) is 11.7. The third-order valence-corrected chi connectivity index (χ3v) is 3.92. The molecule has 0 unspecified atom stereocenters. The summed E-state index contributed by atoms with van der Waals surface area (Å²) in [4.78, 5) is 16.7. The second-order valence-corrected chi connectivity index (χ2v) is 5.30. The average molecular weight is 271 g/mol. The Balaban J connectivity index is 2.12. The third-order valence-electron chi connectivity index (χ3n) is 3.92. The van der Waals surface area contributed by atoms with Crippen molar-refractivity contribution in [1.29, 1.82) is 10.8 Å². The first-order valence-electron chi connectivity index (χ1n) is 6.72. The molecule has 6 nitrogen and oxygen atoms in total. The van der Waals surface area contributed by atoms with Gasteiger partial charge in [0.1, 0.15) is 0 Å². The second kappa shape index (κ2) is 4.40. The minimum Gasteiger partial charge on any atom is -0.305 e. The highest BCUT2D eigenvalue weighted by molar-refractivity contribution is 6.51. The molecule has 2 aliphatic rings. The van der Waals surface area contributed by atoms with Gasteiger partial charge in [-0.1, -0.05) is 0 Å². The fourth-order valence-corrected chi connectivity index (χ4v) is 2.71. The minimum atomic E-state index is -0.0768. The molecule has 0 saturated heterocycles. The van der Waals surface area contributed by atoms with E-state index in [2.05, 4.69) is 4.99 Å². The van der Waals surface area contributed by atoms with Gasteiger partial charge in [0.2, 0.25) is 0 Å². The molecule has 1 aromatic rings. The number of nitrogens with one attached hydrogen (secondary N) is 2. The number of allylic oxidation sites excluding steroid dienone is 2. The predicted molar refractivity (Wildman–Crippen MR) is 79.0 cm³/mol. The molecule has 2 N–H and O–H groups in total. The van der Waals surface area contributed by atoms with Crippen molar-refractivity contribution in [3.63, 3.8) is 0 Å². The van der Waals surface area contributed by atoms with Crippen LogP contribution in [0.2, 0.25) is 0 Å². The van der Waals surface area contributed by atoms with E-state index < -0.39 is 0 Å². The quantitative estimate of drug-likeness (QED) is 0.802. The SMILES string of the molecule is CC1=CC(=Nc2c(C)n3n(c2=O)CCC3)C(=N)CC1=N. The summed E-state index contributed by atoms with van der Waals surface area (Å²) >= 11 is 0. The van der Waals surface area contributed by atoms with Crippen LogP contribution in [0.3, 0.4) is 0 Å². The maximum atomic E-state index is 12.3. The molecule has 6 heteroatoms. The molecule has 104 valence electrons. The van der Waals surface area contributed by atoms with Crippen LogP contribution in [0, 0.1) is 17.7 Å². The molecule has 0 fully saturated rings. The largest absolute Gasteiger partial charge is 0.305 e. The molecule has 0 amide bonds. The summed E-state index contributed by atoms with van der Waals surface area (Å²) in [5.41, 5.74) is 3.28. The summed E-state index contributed by atoms with van der Waals surface area (Å²) in [6.07, 6.45) is 2.99. The molecule has 1 aromatic heterocycles. The molecule has 0 spiro atoms. The maximum Gasteiger partial charge on any atom is 0.292 e. The van der Waals surface area contributed by atoms with Gasteiger partial charge in [-0.25, -0.2) is 9.67 Å². The van der Waals surface area contributed by atoms with Crippen LogP contribution in [-0.2, 0) is 13.1 Å². The van der Waals surface area contributed by atoms with E-state index in [1.54, 1.807) is 10.8 Å². The van der Waals surface area contributed by atoms with E-state index in [-0.39, 0.29) is 12.0 Å². The smallest absolute Gasteiger partial charge is 0.292 e. The number of nitrogens with zero attached hydrogens (tertiary/aromatic N) is 3. The van der Waals surface area contributed by atoms with Crippen molar-refractivity contribution in [2.24, 2.45) is 4.99 Å². The van der Waals surface area contributed by atoms with Gasteiger partial charge in [-0.05, 0) is 31.9 Å². The van der Waals surface area contributed by atoms with Gasteiger partial charge in [0, 0.05) is 25.2 Å². The van der Waals surface area contributed by atoms with Gasteiger partial charge >= 0.3 is 0 Å². The Morgan fingerprint density at radius 1 is 1.15 bits per heavy atom. The van der Waals surface area contributed by atoms with Crippen molar-refractivity contribution in [1.82, 2.24) is 9.36 Å².